The van der Waals surface area contributed by atoms with Crippen LogP contribution in [-0.4, -0.2) is 60.3 Å². The van der Waals surface area contributed by atoms with E-state index < -0.39 is 0 Å². The molecule has 23 heavy (non-hydrogen) atoms. The number of nitrogens with zero attached hydrogens (tertiary/aromatic N) is 3. The number of carbonyl (C=O) groups is 2. The molecule has 8 heteroatoms. The van der Waals surface area contributed by atoms with Crippen LogP contribution in [0, 0.1) is 5.92 Å². The number of piperidine rings is 1. The summed E-state index contributed by atoms with van der Waals surface area (Å²) in [5.41, 5.74) is 0.408. The summed E-state index contributed by atoms with van der Waals surface area (Å²) >= 11 is 0. The van der Waals surface area contributed by atoms with Crippen LogP contribution < -0.4 is 5.32 Å². The molecule has 1 fully saturated rings. The average Bonchev–Trinajstić information content (AvgIpc) is 3.03. The Labute approximate surface area is 142 Å². The summed E-state index contributed by atoms with van der Waals surface area (Å²) in [7, 11) is 3.02. The summed E-state index contributed by atoms with van der Waals surface area (Å²) in [6.07, 6.45) is 4.03. The number of methoxy groups -OCH3 is 1. The van der Waals surface area contributed by atoms with E-state index in [1.54, 1.807) is 20.0 Å². The minimum absolute atomic E-state index is 0. The largest absolute Gasteiger partial charge is 0.469 e. The Balaban J connectivity index is 0.00000264. The van der Waals surface area contributed by atoms with Crippen LogP contribution in [0.4, 0.5) is 0 Å². The number of carbonyl (C=O) groups excluding carboxylic acids is 2. The lowest BCUT2D eigenvalue weighted by atomic mass is 10.1. The van der Waals surface area contributed by atoms with Crippen LogP contribution in [0.2, 0.25) is 0 Å². The molecule has 1 aromatic rings. The van der Waals surface area contributed by atoms with Crippen LogP contribution >= 0.6 is 12.4 Å². The molecule has 2 unspecified atom stereocenters. The predicted octanol–water partition coefficient (Wildman–Crippen LogP) is 1.11. The van der Waals surface area contributed by atoms with Gasteiger partial charge in [-0.1, -0.05) is 6.92 Å². The van der Waals surface area contributed by atoms with E-state index in [-0.39, 0.29) is 30.2 Å². The molecule has 2 heterocycles. The van der Waals surface area contributed by atoms with Gasteiger partial charge in [-0.25, -0.2) is 0 Å². The van der Waals surface area contributed by atoms with Crippen molar-refractivity contribution in [3.63, 3.8) is 0 Å². The van der Waals surface area contributed by atoms with E-state index in [1.165, 1.54) is 12.0 Å². The lowest BCUT2D eigenvalue weighted by Crippen LogP contribution is -2.35. The van der Waals surface area contributed by atoms with Gasteiger partial charge in [0.05, 0.1) is 19.1 Å². The first-order valence-corrected chi connectivity index (χ1v) is 7.62. The molecule has 1 aliphatic heterocycles. The van der Waals surface area contributed by atoms with Crippen LogP contribution in [0.5, 0.6) is 0 Å². The predicted molar refractivity (Wildman–Crippen MR) is 88.8 cm³/mol. The summed E-state index contributed by atoms with van der Waals surface area (Å²) < 4.78 is 6.54. The van der Waals surface area contributed by atoms with Gasteiger partial charge in [-0.15, -0.1) is 12.4 Å². The molecule has 0 saturated carbocycles. The summed E-state index contributed by atoms with van der Waals surface area (Å²) in [5.74, 6) is -0.861. The minimum atomic E-state index is -0.358. The number of esters is 1. The highest BCUT2D eigenvalue weighted by Crippen LogP contribution is 2.16. The highest BCUT2D eigenvalue weighted by atomic mass is 35.5. The fourth-order valence-electron chi connectivity index (χ4n) is 2.68. The van der Waals surface area contributed by atoms with E-state index >= 15 is 0 Å². The highest BCUT2D eigenvalue weighted by molar-refractivity contribution is 5.92. The van der Waals surface area contributed by atoms with E-state index in [0.717, 1.165) is 25.9 Å². The minimum Gasteiger partial charge on any atom is -0.469 e. The number of aromatic nitrogens is 2. The van der Waals surface area contributed by atoms with Gasteiger partial charge < -0.3 is 15.0 Å². The monoisotopic (exact) mass is 344 g/mol. The average molecular weight is 345 g/mol. The maximum atomic E-state index is 12.4. The Kier molecular flexibility index (Phi) is 7.51. The zero-order valence-corrected chi connectivity index (χ0v) is 14.6. The zero-order valence-electron chi connectivity index (χ0n) is 13.8. The number of nitrogens with one attached hydrogen (secondary N) is 1. The molecule has 1 amide bonds. The number of halogens is 1. The highest BCUT2D eigenvalue weighted by Gasteiger charge is 2.22. The molecule has 0 spiro atoms. The number of hydrogen-bond donors (Lipinski definition) is 1. The fraction of sp³-hybridized carbons (Fsp3) is 0.667. The third-order valence-corrected chi connectivity index (χ3v) is 3.97. The third kappa shape index (κ3) is 4.94. The van der Waals surface area contributed by atoms with Gasteiger partial charge >= 0.3 is 5.97 Å². The lowest BCUT2D eigenvalue weighted by molar-refractivity contribution is -0.145. The van der Waals surface area contributed by atoms with Gasteiger partial charge in [-0.05, 0) is 25.5 Å². The first-order valence-electron chi connectivity index (χ1n) is 7.62. The molecule has 0 aromatic carbocycles. The zero-order chi connectivity index (χ0) is 16.1. The summed E-state index contributed by atoms with van der Waals surface area (Å²) in [4.78, 5) is 25.3. The first-order chi connectivity index (χ1) is 10.5. The van der Waals surface area contributed by atoms with Crippen LogP contribution in [0.3, 0.4) is 0 Å². The van der Waals surface area contributed by atoms with Crippen LogP contribution in [0.15, 0.2) is 12.3 Å². The summed E-state index contributed by atoms with van der Waals surface area (Å²) in [5, 5.41) is 7.73. The van der Waals surface area contributed by atoms with Crippen molar-refractivity contribution >= 4 is 24.3 Å². The van der Waals surface area contributed by atoms with E-state index in [0.29, 0.717) is 18.3 Å². The molecule has 1 aromatic heterocycles. The van der Waals surface area contributed by atoms with Crippen molar-refractivity contribution in [1.29, 1.82) is 0 Å². The number of amides is 1. The van der Waals surface area contributed by atoms with Gasteiger partial charge in [-0.2, -0.15) is 5.10 Å². The van der Waals surface area contributed by atoms with E-state index in [4.69, 9.17) is 0 Å². The SMILES string of the molecule is COC(=O)C(C)CN(C)C(=O)c1ccn(C2CCCNC2)n1.Cl. The van der Waals surface area contributed by atoms with E-state index in [1.807, 2.05) is 10.9 Å². The van der Waals surface area contributed by atoms with Gasteiger partial charge in [0.15, 0.2) is 0 Å². The van der Waals surface area contributed by atoms with Crippen molar-refractivity contribution in [2.45, 2.75) is 25.8 Å². The number of hydrogen-bond acceptors (Lipinski definition) is 5. The number of ether oxygens (including phenoxy) is 1. The second-order valence-corrected chi connectivity index (χ2v) is 5.79. The van der Waals surface area contributed by atoms with E-state index in [2.05, 4.69) is 15.2 Å². The fourth-order valence-corrected chi connectivity index (χ4v) is 2.68. The van der Waals surface area contributed by atoms with Gasteiger partial charge in [-0.3, -0.25) is 14.3 Å². The maximum absolute atomic E-state index is 12.4. The van der Waals surface area contributed by atoms with Crippen molar-refractivity contribution in [3.8, 4) is 0 Å². The van der Waals surface area contributed by atoms with Gasteiger partial charge in [0.1, 0.15) is 5.69 Å². The molecule has 1 saturated heterocycles. The normalized spacial score (nSPS) is 18.7. The smallest absolute Gasteiger partial charge is 0.310 e. The second kappa shape index (κ2) is 8.88. The molecule has 1 aliphatic rings. The molecule has 2 atom stereocenters. The molecule has 0 radical (unpaired) electrons. The van der Waals surface area contributed by atoms with Crippen LogP contribution in [-0.2, 0) is 9.53 Å². The molecule has 130 valence electrons. The Bertz CT molecular complexity index is 529. The third-order valence-electron chi connectivity index (χ3n) is 3.97. The first kappa shape index (κ1) is 19.4. The Hall–Kier alpha value is -1.60. The van der Waals surface area contributed by atoms with Crippen molar-refractivity contribution in [2.75, 3.05) is 33.8 Å². The standard InChI is InChI=1S/C15H24N4O3.ClH/c1-11(15(21)22-3)10-18(2)14(20)13-6-8-19(17-13)12-5-4-7-16-9-12;/h6,8,11-12,16H,4-5,7,9-10H2,1-3H3;1H. The Morgan fingerprint density at radius 3 is 2.91 bits per heavy atom. The molecular weight excluding hydrogens is 320 g/mol. The quantitative estimate of drug-likeness (QED) is 0.810. The Morgan fingerprint density at radius 2 is 2.30 bits per heavy atom. The summed E-state index contributed by atoms with van der Waals surface area (Å²) in [6, 6.07) is 2.03. The van der Waals surface area contributed by atoms with Gasteiger partial charge in [0, 0.05) is 26.3 Å². The molecule has 0 bridgehead atoms. The molecular formula is C15H25ClN4O3. The van der Waals surface area contributed by atoms with Gasteiger partial charge in [0.25, 0.3) is 5.91 Å². The molecule has 0 aliphatic carbocycles. The van der Waals surface area contributed by atoms with Gasteiger partial charge in [0.2, 0.25) is 0 Å². The van der Waals surface area contributed by atoms with Crippen molar-refractivity contribution < 1.29 is 14.3 Å². The lowest BCUT2D eigenvalue weighted by Gasteiger charge is -2.23. The maximum Gasteiger partial charge on any atom is 0.310 e. The van der Waals surface area contributed by atoms with Crippen LogP contribution in [0.25, 0.3) is 0 Å². The van der Waals surface area contributed by atoms with Crippen molar-refractivity contribution in [3.05, 3.63) is 18.0 Å². The topological polar surface area (TPSA) is 76.5 Å². The van der Waals surface area contributed by atoms with Crippen LogP contribution in [0.1, 0.15) is 36.3 Å². The molecule has 7 nitrogen and oxygen atoms in total. The number of rotatable bonds is 5. The summed E-state index contributed by atoms with van der Waals surface area (Å²) in [6.45, 7) is 3.97. The van der Waals surface area contributed by atoms with Crippen molar-refractivity contribution in [2.24, 2.45) is 5.92 Å². The van der Waals surface area contributed by atoms with Crippen molar-refractivity contribution in [1.82, 2.24) is 20.0 Å². The Morgan fingerprint density at radius 1 is 1.57 bits per heavy atom. The molecule has 1 N–H and O–H groups in total. The molecule has 2 rings (SSSR count). The second-order valence-electron chi connectivity index (χ2n) is 5.79. The van der Waals surface area contributed by atoms with E-state index in [9.17, 15) is 9.59 Å².